The van der Waals surface area contributed by atoms with Crippen LogP contribution in [-0.4, -0.2) is 35.4 Å². The molecule has 118 valence electrons. The summed E-state index contributed by atoms with van der Waals surface area (Å²) in [4.78, 5) is 29.7. The molecule has 0 aliphatic heterocycles. The average molecular weight is 312 g/mol. The van der Waals surface area contributed by atoms with E-state index in [0.717, 1.165) is 11.4 Å². The molecule has 0 aromatic carbocycles. The SMILES string of the molecule is COC(=O)c1csc(CN(CCC(C)C)C(=O)C(C)C)n1. The topological polar surface area (TPSA) is 59.5 Å². The number of carbonyl (C=O) groups is 2. The van der Waals surface area contributed by atoms with Crippen LogP contribution in [0.3, 0.4) is 0 Å². The Kier molecular flexibility index (Phi) is 6.81. The summed E-state index contributed by atoms with van der Waals surface area (Å²) in [6.45, 7) is 9.22. The van der Waals surface area contributed by atoms with Crippen molar-refractivity contribution in [1.29, 1.82) is 0 Å². The molecule has 0 bridgehead atoms. The number of methoxy groups -OCH3 is 1. The fraction of sp³-hybridized carbons (Fsp3) is 0.667. The Morgan fingerprint density at radius 2 is 2.00 bits per heavy atom. The van der Waals surface area contributed by atoms with Gasteiger partial charge in [-0.25, -0.2) is 9.78 Å². The first kappa shape index (κ1) is 17.6. The van der Waals surface area contributed by atoms with Crippen LogP contribution < -0.4 is 0 Å². The zero-order chi connectivity index (χ0) is 16.0. The van der Waals surface area contributed by atoms with Crippen molar-refractivity contribution in [2.45, 2.75) is 40.7 Å². The monoisotopic (exact) mass is 312 g/mol. The van der Waals surface area contributed by atoms with Crippen molar-refractivity contribution < 1.29 is 14.3 Å². The standard InChI is InChI=1S/C15H24N2O3S/c1-10(2)6-7-17(14(18)11(3)4)8-13-16-12(9-21-13)15(19)20-5/h9-11H,6-8H2,1-5H3. The largest absolute Gasteiger partial charge is 0.464 e. The van der Waals surface area contributed by atoms with E-state index in [1.807, 2.05) is 18.7 Å². The highest BCUT2D eigenvalue weighted by atomic mass is 32.1. The molecule has 1 aromatic rings. The van der Waals surface area contributed by atoms with Crippen LogP contribution in [0.25, 0.3) is 0 Å². The van der Waals surface area contributed by atoms with E-state index in [1.165, 1.54) is 18.4 Å². The van der Waals surface area contributed by atoms with Gasteiger partial charge in [0.05, 0.1) is 13.7 Å². The van der Waals surface area contributed by atoms with Gasteiger partial charge in [0.25, 0.3) is 0 Å². The van der Waals surface area contributed by atoms with Gasteiger partial charge in [-0.05, 0) is 12.3 Å². The Balaban J connectivity index is 2.77. The maximum atomic E-state index is 12.3. The lowest BCUT2D eigenvalue weighted by Crippen LogP contribution is -2.35. The van der Waals surface area contributed by atoms with Crippen LogP contribution in [0.15, 0.2) is 5.38 Å². The van der Waals surface area contributed by atoms with E-state index in [4.69, 9.17) is 0 Å². The van der Waals surface area contributed by atoms with Gasteiger partial charge in [-0.1, -0.05) is 27.7 Å². The van der Waals surface area contributed by atoms with Gasteiger partial charge in [0, 0.05) is 17.8 Å². The molecule has 0 spiro atoms. The smallest absolute Gasteiger partial charge is 0.357 e. The maximum Gasteiger partial charge on any atom is 0.357 e. The van der Waals surface area contributed by atoms with Crippen molar-refractivity contribution in [2.24, 2.45) is 11.8 Å². The van der Waals surface area contributed by atoms with Gasteiger partial charge in [0.15, 0.2) is 5.69 Å². The fourth-order valence-corrected chi connectivity index (χ4v) is 2.57. The van der Waals surface area contributed by atoms with Crippen LogP contribution in [-0.2, 0) is 16.1 Å². The third kappa shape index (κ3) is 5.46. The zero-order valence-electron chi connectivity index (χ0n) is 13.4. The van der Waals surface area contributed by atoms with Gasteiger partial charge in [-0.15, -0.1) is 11.3 Å². The van der Waals surface area contributed by atoms with Gasteiger partial charge in [-0.3, -0.25) is 4.79 Å². The number of hydrogen-bond donors (Lipinski definition) is 0. The number of esters is 1. The van der Waals surface area contributed by atoms with Crippen LogP contribution in [0.5, 0.6) is 0 Å². The molecule has 0 unspecified atom stereocenters. The molecular weight excluding hydrogens is 288 g/mol. The quantitative estimate of drug-likeness (QED) is 0.726. The Morgan fingerprint density at radius 1 is 1.33 bits per heavy atom. The Labute approximate surface area is 130 Å². The van der Waals surface area contributed by atoms with Gasteiger partial charge < -0.3 is 9.64 Å². The van der Waals surface area contributed by atoms with E-state index in [0.29, 0.717) is 24.7 Å². The predicted octanol–water partition coefficient (Wildman–Crippen LogP) is 2.96. The minimum absolute atomic E-state index is 0.0443. The van der Waals surface area contributed by atoms with E-state index >= 15 is 0 Å². The average Bonchev–Trinajstić information content (AvgIpc) is 2.89. The van der Waals surface area contributed by atoms with Crippen molar-refractivity contribution in [3.05, 3.63) is 16.1 Å². The molecule has 0 radical (unpaired) electrons. The third-order valence-electron chi connectivity index (χ3n) is 3.05. The lowest BCUT2D eigenvalue weighted by Gasteiger charge is -2.24. The molecule has 0 saturated heterocycles. The van der Waals surface area contributed by atoms with Gasteiger partial charge in [-0.2, -0.15) is 0 Å². The predicted molar refractivity (Wildman–Crippen MR) is 83.2 cm³/mol. The number of amides is 1. The molecule has 1 aromatic heterocycles. The third-order valence-corrected chi connectivity index (χ3v) is 3.89. The molecule has 5 nitrogen and oxygen atoms in total. The molecule has 1 rings (SSSR count). The highest BCUT2D eigenvalue weighted by Crippen LogP contribution is 2.16. The summed E-state index contributed by atoms with van der Waals surface area (Å²) in [7, 11) is 1.33. The van der Waals surface area contributed by atoms with Crippen molar-refractivity contribution >= 4 is 23.2 Å². The first-order chi connectivity index (χ1) is 9.85. The second-order valence-corrected chi connectivity index (χ2v) is 6.66. The number of aromatic nitrogens is 1. The molecule has 0 fully saturated rings. The Morgan fingerprint density at radius 3 is 2.52 bits per heavy atom. The van der Waals surface area contributed by atoms with Gasteiger partial charge in [0.1, 0.15) is 5.01 Å². The van der Waals surface area contributed by atoms with E-state index in [2.05, 4.69) is 23.6 Å². The number of thiazole rings is 1. The number of nitrogens with zero attached hydrogens (tertiary/aromatic N) is 2. The molecule has 0 aliphatic rings. The van der Waals surface area contributed by atoms with E-state index in [1.54, 1.807) is 5.38 Å². The number of hydrogen-bond acceptors (Lipinski definition) is 5. The molecule has 1 heterocycles. The van der Waals surface area contributed by atoms with Crippen LogP contribution in [0.2, 0.25) is 0 Å². The molecule has 0 N–H and O–H groups in total. The van der Waals surface area contributed by atoms with Crippen molar-refractivity contribution in [3.63, 3.8) is 0 Å². The van der Waals surface area contributed by atoms with Gasteiger partial charge in [0.2, 0.25) is 5.91 Å². The summed E-state index contributed by atoms with van der Waals surface area (Å²) in [5, 5.41) is 2.43. The van der Waals surface area contributed by atoms with Crippen LogP contribution in [0, 0.1) is 11.8 Å². The van der Waals surface area contributed by atoms with Crippen LogP contribution in [0.1, 0.15) is 49.6 Å². The second kappa shape index (κ2) is 8.12. The minimum Gasteiger partial charge on any atom is -0.464 e. The van der Waals surface area contributed by atoms with E-state index in [-0.39, 0.29) is 11.8 Å². The van der Waals surface area contributed by atoms with E-state index < -0.39 is 5.97 Å². The first-order valence-electron chi connectivity index (χ1n) is 7.16. The van der Waals surface area contributed by atoms with Crippen molar-refractivity contribution in [1.82, 2.24) is 9.88 Å². The minimum atomic E-state index is -0.443. The Bertz CT molecular complexity index is 483. The summed E-state index contributed by atoms with van der Waals surface area (Å²) < 4.78 is 4.64. The summed E-state index contributed by atoms with van der Waals surface area (Å²) in [5.41, 5.74) is 0.304. The molecule has 1 amide bonds. The summed E-state index contributed by atoms with van der Waals surface area (Å²) in [5.74, 6) is 0.165. The fourth-order valence-electron chi connectivity index (χ4n) is 1.79. The number of carbonyl (C=O) groups excluding carboxylic acids is 2. The van der Waals surface area contributed by atoms with Crippen molar-refractivity contribution in [3.8, 4) is 0 Å². The highest BCUT2D eigenvalue weighted by Gasteiger charge is 2.20. The second-order valence-electron chi connectivity index (χ2n) is 5.72. The summed E-state index contributed by atoms with van der Waals surface area (Å²) in [6, 6.07) is 0. The highest BCUT2D eigenvalue weighted by molar-refractivity contribution is 7.09. The molecule has 0 saturated carbocycles. The van der Waals surface area contributed by atoms with Crippen molar-refractivity contribution in [2.75, 3.05) is 13.7 Å². The van der Waals surface area contributed by atoms with Gasteiger partial charge >= 0.3 is 5.97 Å². The normalized spacial score (nSPS) is 11.0. The molecule has 21 heavy (non-hydrogen) atoms. The molecular formula is C15H24N2O3S. The lowest BCUT2D eigenvalue weighted by molar-refractivity contribution is -0.135. The maximum absolute atomic E-state index is 12.3. The lowest BCUT2D eigenvalue weighted by atomic mass is 10.1. The zero-order valence-corrected chi connectivity index (χ0v) is 14.2. The summed E-state index contributed by atoms with van der Waals surface area (Å²) >= 11 is 1.38. The molecule has 0 atom stereocenters. The van der Waals surface area contributed by atoms with E-state index in [9.17, 15) is 9.59 Å². The first-order valence-corrected chi connectivity index (χ1v) is 8.04. The molecule has 6 heteroatoms. The summed E-state index contributed by atoms with van der Waals surface area (Å²) in [6.07, 6.45) is 0.952. The number of ether oxygens (including phenoxy) is 1. The Hall–Kier alpha value is -1.43. The molecule has 0 aliphatic carbocycles. The van der Waals surface area contributed by atoms with Crippen LogP contribution in [0.4, 0.5) is 0 Å². The van der Waals surface area contributed by atoms with Crippen LogP contribution >= 0.6 is 11.3 Å². The number of rotatable bonds is 7.